The number of ether oxygens (including phenoxy) is 1. The first kappa shape index (κ1) is 32.4. The molecule has 0 bridgehead atoms. The molecule has 0 spiro atoms. The highest BCUT2D eigenvalue weighted by Crippen LogP contribution is 2.31. The van der Waals surface area contributed by atoms with E-state index >= 15 is 0 Å². The number of anilines is 2. The number of rotatable bonds is 13. The Labute approximate surface area is 261 Å². The summed E-state index contributed by atoms with van der Waals surface area (Å²) in [4.78, 5) is 67.7. The number of carboxylic acid groups (broad SMARTS) is 1. The second-order valence-electron chi connectivity index (χ2n) is 9.92. The number of thioether (sulfide) groups is 1. The summed E-state index contributed by atoms with van der Waals surface area (Å²) in [6.07, 6.45) is 1.09. The molecule has 44 heavy (non-hydrogen) atoms. The smallest absolute Gasteiger partial charge is 0.411 e. The zero-order valence-corrected chi connectivity index (χ0v) is 25.7. The van der Waals surface area contributed by atoms with Crippen LogP contribution in [0.15, 0.2) is 47.5 Å². The van der Waals surface area contributed by atoms with Crippen molar-refractivity contribution in [3.8, 4) is 0 Å². The Morgan fingerprint density at radius 3 is 2.43 bits per heavy atom. The topological polar surface area (TPSA) is 188 Å². The molecule has 3 aromatic rings. The Morgan fingerprint density at radius 1 is 1.00 bits per heavy atom. The SMILES string of the molecule is CC(=O)NCCCCC(NC(C)=O)C(=O)Nc1ccc(COC(=O)Nc2ccc3nc(C4=NC(C(=O)O)CS4)sc3c2)cc1. The highest BCUT2D eigenvalue weighted by atomic mass is 32.2. The van der Waals surface area contributed by atoms with Crippen molar-refractivity contribution in [1.82, 2.24) is 15.6 Å². The van der Waals surface area contributed by atoms with E-state index in [2.05, 4.69) is 31.2 Å². The maximum atomic E-state index is 12.8. The molecule has 2 unspecified atom stereocenters. The normalized spacial score (nSPS) is 14.8. The number of aliphatic imine (C=N–C) groups is 1. The fourth-order valence-corrected chi connectivity index (χ4v) is 6.28. The molecular formula is C29H32N6O7S2. The van der Waals surface area contributed by atoms with E-state index in [0.717, 1.165) is 4.70 Å². The van der Waals surface area contributed by atoms with Gasteiger partial charge in [-0.15, -0.1) is 23.1 Å². The number of thiazole rings is 1. The van der Waals surface area contributed by atoms with Gasteiger partial charge in [-0.25, -0.2) is 14.6 Å². The first-order valence-corrected chi connectivity index (χ1v) is 15.6. The quantitative estimate of drug-likeness (QED) is 0.173. The summed E-state index contributed by atoms with van der Waals surface area (Å²) >= 11 is 2.72. The first-order valence-electron chi connectivity index (χ1n) is 13.8. The number of aliphatic carboxylic acids is 1. The van der Waals surface area contributed by atoms with Crippen molar-refractivity contribution in [1.29, 1.82) is 0 Å². The van der Waals surface area contributed by atoms with Crippen LogP contribution in [0, 0.1) is 0 Å². The third kappa shape index (κ3) is 9.50. The largest absolute Gasteiger partial charge is 0.480 e. The lowest BCUT2D eigenvalue weighted by atomic mass is 10.1. The summed E-state index contributed by atoms with van der Waals surface area (Å²) < 4.78 is 6.15. The molecular weight excluding hydrogens is 608 g/mol. The van der Waals surface area contributed by atoms with Crippen molar-refractivity contribution in [3.05, 3.63) is 53.0 Å². The molecule has 4 rings (SSSR count). The number of carbonyl (C=O) groups is 5. The van der Waals surface area contributed by atoms with Gasteiger partial charge in [0.05, 0.1) is 10.2 Å². The van der Waals surface area contributed by atoms with Gasteiger partial charge in [0.2, 0.25) is 17.7 Å². The lowest BCUT2D eigenvalue weighted by Crippen LogP contribution is -2.42. The number of carbonyl (C=O) groups excluding carboxylic acids is 4. The molecule has 2 atom stereocenters. The lowest BCUT2D eigenvalue weighted by molar-refractivity contribution is -0.137. The second kappa shape index (κ2) is 15.3. The maximum absolute atomic E-state index is 12.8. The van der Waals surface area contributed by atoms with Gasteiger partial charge in [-0.05, 0) is 55.2 Å². The van der Waals surface area contributed by atoms with E-state index < -0.39 is 24.1 Å². The summed E-state index contributed by atoms with van der Waals surface area (Å²) in [5.41, 5.74) is 2.45. The Hall–Kier alpha value is -4.50. The summed E-state index contributed by atoms with van der Waals surface area (Å²) in [6.45, 7) is 3.29. The number of carboxylic acids is 1. The van der Waals surface area contributed by atoms with E-state index in [0.29, 0.717) is 64.1 Å². The van der Waals surface area contributed by atoms with E-state index in [1.165, 1.54) is 36.9 Å². The maximum Gasteiger partial charge on any atom is 0.411 e. The summed E-state index contributed by atoms with van der Waals surface area (Å²) in [5, 5.41) is 21.2. The van der Waals surface area contributed by atoms with Crippen LogP contribution in [0.4, 0.5) is 16.2 Å². The molecule has 5 N–H and O–H groups in total. The van der Waals surface area contributed by atoms with Gasteiger partial charge >= 0.3 is 12.1 Å². The van der Waals surface area contributed by atoms with Crippen molar-refractivity contribution in [2.75, 3.05) is 22.9 Å². The molecule has 0 fully saturated rings. The Balaban J connectivity index is 1.25. The predicted molar refractivity (Wildman–Crippen MR) is 169 cm³/mol. The molecule has 0 aliphatic carbocycles. The van der Waals surface area contributed by atoms with Crippen LogP contribution in [0.2, 0.25) is 0 Å². The van der Waals surface area contributed by atoms with Crippen LogP contribution < -0.4 is 21.3 Å². The van der Waals surface area contributed by atoms with Crippen molar-refractivity contribution < 1.29 is 33.8 Å². The Kier molecular flexibility index (Phi) is 11.3. The number of unbranched alkanes of at least 4 members (excludes halogenated alkanes) is 1. The molecule has 15 heteroatoms. The Bertz CT molecular complexity index is 1570. The van der Waals surface area contributed by atoms with Gasteiger partial charge in [-0.2, -0.15) is 0 Å². The Morgan fingerprint density at radius 2 is 1.75 bits per heavy atom. The van der Waals surface area contributed by atoms with Crippen LogP contribution >= 0.6 is 23.1 Å². The molecule has 0 radical (unpaired) electrons. The molecule has 4 amide bonds. The number of fused-ring (bicyclic) bond motifs is 1. The molecule has 0 saturated carbocycles. The zero-order chi connectivity index (χ0) is 31.6. The van der Waals surface area contributed by atoms with E-state index in [1.54, 1.807) is 42.5 Å². The van der Waals surface area contributed by atoms with Crippen LogP contribution in [0.5, 0.6) is 0 Å². The van der Waals surface area contributed by atoms with Crippen LogP contribution in [0.1, 0.15) is 43.7 Å². The van der Waals surface area contributed by atoms with Gasteiger partial charge in [0.1, 0.15) is 22.7 Å². The minimum atomic E-state index is -0.961. The molecule has 232 valence electrons. The van der Waals surface area contributed by atoms with Gasteiger partial charge in [0.25, 0.3) is 0 Å². The van der Waals surface area contributed by atoms with Crippen molar-refractivity contribution >= 4 is 79.5 Å². The third-order valence-corrected chi connectivity index (χ3v) is 8.54. The molecule has 2 aromatic carbocycles. The van der Waals surface area contributed by atoms with Gasteiger partial charge in [0.15, 0.2) is 6.04 Å². The molecule has 2 heterocycles. The first-order chi connectivity index (χ1) is 21.1. The molecule has 13 nitrogen and oxygen atoms in total. The lowest BCUT2D eigenvalue weighted by Gasteiger charge is -2.18. The van der Waals surface area contributed by atoms with E-state index in [9.17, 15) is 24.0 Å². The standard InChI is InChI=1S/C29H32N6O7S2/c1-16(36)30-12-4-3-5-22(31-17(2)37)25(38)32-19-8-6-18(7-9-19)14-42-29(41)33-20-10-11-21-24(13-20)44-27(34-21)26-35-23(15-43-26)28(39)40/h6-11,13,22-23H,3-5,12,14-15H2,1-2H3,(H,30,36)(H,31,37)(H,32,38)(H,33,41)(H,39,40). The van der Waals surface area contributed by atoms with E-state index in [-0.39, 0.29) is 24.3 Å². The number of hydrogen-bond acceptors (Lipinski definition) is 10. The molecule has 1 aliphatic rings. The third-order valence-electron chi connectivity index (χ3n) is 6.33. The van der Waals surface area contributed by atoms with Crippen molar-refractivity contribution in [3.63, 3.8) is 0 Å². The fraction of sp³-hybridized carbons (Fsp3) is 0.345. The molecule has 0 saturated heterocycles. The number of nitrogens with one attached hydrogen (secondary N) is 4. The average molecular weight is 641 g/mol. The average Bonchev–Trinajstić information content (AvgIpc) is 3.63. The summed E-state index contributed by atoms with van der Waals surface area (Å²) in [7, 11) is 0. The van der Waals surface area contributed by atoms with Crippen molar-refractivity contribution in [2.24, 2.45) is 4.99 Å². The fourth-order valence-electron chi connectivity index (χ4n) is 4.18. The van der Waals surface area contributed by atoms with Crippen LogP contribution in [0.25, 0.3) is 10.2 Å². The van der Waals surface area contributed by atoms with E-state index in [1.807, 2.05) is 0 Å². The van der Waals surface area contributed by atoms with Gasteiger partial charge in [-0.1, -0.05) is 12.1 Å². The highest BCUT2D eigenvalue weighted by molar-refractivity contribution is 8.15. The highest BCUT2D eigenvalue weighted by Gasteiger charge is 2.27. The number of aromatic nitrogens is 1. The van der Waals surface area contributed by atoms with E-state index in [4.69, 9.17) is 9.84 Å². The minimum Gasteiger partial charge on any atom is -0.480 e. The summed E-state index contributed by atoms with van der Waals surface area (Å²) in [5.74, 6) is -1.37. The molecule has 1 aliphatic heterocycles. The van der Waals surface area contributed by atoms with Gasteiger partial charge in [-0.3, -0.25) is 24.7 Å². The number of amides is 4. The van der Waals surface area contributed by atoms with Crippen molar-refractivity contribution in [2.45, 2.75) is 51.8 Å². The zero-order valence-electron chi connectivity index (χ0n) is 24.0. The van der Waals surface area contributed by atoms with Crippen LogP contribution in [-0.4, -0.2) is 69.3 Å². The number of nitrogens with zero attached hydrogens (tertiary/aromatic N) is 2. The monoisotopic (exact) mass is 640 g/mol. The summed E-state index contributed by atoms with van der Waals surface area (Å²) in [6, 6.07) is 10.5. The second-order valence-corrected chi connectivity index (χ2v) is 12.0. The number of benzene rings is 2. The number of hydrogen-bond donors (Lipinski definition) is 5. The van der Waals surface area contributed by atoms with Crippen LogP contribution in [-0.2, 0) is 30.5 Å². The molecule has 1 aromatic heterocycles. The van der Waals surface area contributed by atoms with Crippen LogP contribution in [0.3, 0.4) is 0 Å². The van der Waals surface area contributed by atoms with Gasteiger partial charge < -0.3 is 25.8 Å². The van der Waals surface area contributed by atoms with Gasteiger partial charge in [0, 0.05) is 37.5 Å². The predicted octanol–water partition coefficient (Wildman–Crippen LogP) is 3.74. The minimum absolute atomic E-state index is 0.00236.